The van der Waals surface area contributed by atoms with Gasteiger partial charge in [0, 0.05) is 6.07 Å². The van der Waals surface area contributed by atoms with Crippen molar-refractivity contribution in [2.75, 3.05) is 0 Å². The number of hydrogen-bond donors (Lipinski definition) is 1. The SMILES string of the molecule is O=c1ccc(C(F)F)c(F)[nH]1. The van der Waals surface area contributed by atoms with E-state index in [0.29, 0.717) is 0 Å². The van der Waals surface area contributed by atoms with E-state index in [1.54, 1.807) is 4.98 Å². The van der Waals surface area contributed by atoms with Crippen LogP contribution in [0.4, 0.5) is 13.2 Å². The van der Waals surface area contributed by atoms with E-state index in [1.165, 1.54) is 0 Å². The maximum atomic E-state index is 12.4. The van der Waals surface area contributed by atoms with Gasteiger partial charge in [0.2, 0.25) is 11.5 Å². The van der Waals surface area contributed by atoms with E-state index in [0.717, 1.165) is 12.1 Å². The predicted molar refractivity (Wildman–Crippen MR) is 32.0 cm³/mol. The zero-order valence-corrected chi connectivity index (χ0v) is 5.27. The Labute approximate surface area is 59.7 Å². The third-order valence-corrected chi connectivity index (χ3v) is 1.14. The number of hydrogen-bond acceptors (Lipinski definition) is 1. The number of aromatic nitrogens is 1. The lowest BCUT2D eigenvalue weighted by molar-refractivity contribution is 0.145. The van der Waals surface area contributed by atoms with Gasteiger partial charge in [0.05, 0.1) is 5.56 Å². The number of nitrogens with one attached hydrogen (secondary N) is 1. The second kappa shape index (κ2) is 2.77. The molecule has 0 fully saturated rings. The first-order chi connectivity index (χ1) is 5.11. The average Bonchev–Trinajstić information content (AvgIpc) is 1.85. The second-order valence-electron chi connectivity index (χ2n) is 1.89. The Bertz CT molecular complexity index is 307. The van der Waals surface area contributed by atoms with Crippen LogP contribution in [0.2, 0.25) is 0 Å². The molecule has 5 heteroatoms. The van der Waals surface area contributed by atoms with Gasteiger partial charge in [-0.2, -0.15) is 4.39 Å². The Morgan fingerprint density at radius 3 is 2.45 bits per heavy atom. The Kier molecular flexibility index (Phi) is 1.98. The van der Waals surface area contributed by atoms with E-state index < -0.39 is 23.5 Å². The summed E-state index contributed by atoms with van der Waals surface area (Å²) in [6, 6.07) is 1.61. The smallest absolute Gasteiger partial charge is 0.268 e. The van der Waals surface area contributed by atoms with Crippen molar-refractivity contribution in [3.63, 3.8) is 0 Å². The summed E-state index contributed by atoms with van der Waals surface area (Å²) < 4.78 is 36.0. The molecule has 1 N–H and O–H groups in total. The summed E-state index contributed by atoms with van der Waals surface area (Å²) in [5.41, 5.74) is -1.52. The number of aromatic amines is 1. The first-order valence-electron chi connectivity index (χ1n) is 2.78. The maximum absolute atomic E-state index is 12.4. The van der Waals surface area contributed by atoms with Crippen LogP contribution in [0.25, 0.3) is 0 Å². The van der Waals surface area contributed by atoms with Crippen LogP contribution in [-0.2, 0) is 0 Å². The molecule has 0 aromatic carbocycles. The highest BCUT2D eigenvalue weighted by molar-refractivity contribution is 5.11. The van der Waals surface area contributed by atoms with Gasteiger partial charge in [-0.1, -0.05) is 0 Å². The van der Waals surface area contributed by atoms with E-state index >= 15 is 0 Å². The molecule has 0 atom stereocenters. The third-order valence-electron chi connectivity index (χ3n) is 1.14. The molecule has 0 bridgehead atoms. The number of rotatable bonds is 1. The topological polar surface area (TPSA) is 32.9 Å². The van der Waals surface area contributed by atoms with Crippen molar-refractivity contribution < 1.29 is 13.2 Å². The van der Waals surface area contributed by atoms with Gasteiger partial charge < -0.3 is 0 Å². The summed E-state index contributed by atoms with van der Waals surface area (Å²) >= 11 is 0. The fourth-order valence-electron chi connectivity index (χ4n) is 0.629. The quantitative estimate of drug-likeness (QED) is 0.624. The van der Waals surface area contributed by atoms with Gasteiger partial charge in [0.25, 0.3) is 6.43 Å². The van der Waals surface area contributed by atoms with Crippen molar-refractivity contribution in [3.8, 4) is 0 Å². The van der Waals surface area contributed by atoms with E-state index in [4.69, 9.17) is 0 Å². The highest BCUT2D eigenvalue weighted by Gasteiger charge is 2.12. The summed E-state index contributed by atoms with van der Waals surface area (Å²) in [5, 5.41) is 0. The Morgan fingerprint density at radius 2 is 2.00 bits per heavy atom. The zero-order chi connectivity index (χ0) is 8.43. The van der Waals surface area contributed by atoms with Gasteiger partial charge in [-0.3, -0.25) is 9.78 Å². The summed E-state index contributed by atoms with van der Waals surface area (Å²) in [4.78, 5) is 11.9. The van der Waals surface area contributed by atoms with E-state index in [-0.39, 0.29) is 0 Å². The van der Waals surface area contributed by atoms with E-state index in [2.05, 4.69) is 0 Å². The molecule has 0 spiro atoms. The molecular formula is C6H4F3NO. The van der Waals surface area contributed by atoms with Crippen LogP contribution >= 0.6 is 0 Å². The molecule has 0 aliphatic rings. The molecule has 0 unspecified atom stereocenters. The van der Waals surface area contributed by atoms with Crippen molar-refractivity contribution in [2.24, 2.45) is 0 Å². The number of H-pyrrole nitrogens is 1. The summed E-state index contributed by atoms with van der Waals surface area (Å²) in [6.45, 7) is 0. The van der Waals surface area contributed by atoms with Crippen molar-refractivity contribution in [1.29, 1.82) is 0 Å². The largest absolute Gasteiger partial charge is 0.298 e. The van der Waals surface area contributed by atoms with Crippen molar-refractivity contribution in [3.05, 3.63) is 34.0 Å². The fraction of sp³-hybridized carbons (Fsp3) is 0.167. The van der Waals surface area contributed by atoms with Crippen molar-refractivity contribution >= 4 is 0 Å². The molecule has 1 aromatic heterocycles. The zero-order valence-electron chi connectivity index (χ0n) is 5.27. The monoisotopic (exact) mass is 163 g/mol. The number of alkyl halides is 2. The van der Waals surface area contributed by atoms with Gasteiger partial charge in [-0.05, 0) is 6.07 Å². The van der Waals surface area contributed by atoms with Gasteiger partial charge in [-0.25, -0.2) is 8.78 Å². The minimum Gasteiger partial charge on any atom is -0.298 e. The lowest BCUT2D eigenvalue weighted by Gasteiger charge is -1.98. The first-order valence-corrected chi connectivity index (χ1v) is 2.78. The van der Waals surface area contributed by atoms with Gasteiger partial charge in [0.15, 0.2) is 0 Å². The number of halogens is 3. The van der Waals surface area contributed by atoms with Crippen molar-refractivity contribution in [1.82, 2.24) is 4.98 Å². The van der Waals surface area contributed by atoms with Crippen LogP contribution in [0.3, 0.4) is 0 Å². The second-order valence-corrected chi connectivity index (χ2v) is 1.89. The molecule has 0 amide bonds. The molecule has 1 rings (SSSR count). The molecule has 2 nitrogen and oxygen atoms in total. The lowest BCUT2D eigenvalue weighted by atomic mass is 10.3. The first kappa shape index (κ1) is 7.84. The van der Waals surface area contributed by atoms with Gasteiger partial charge >= 0.3 is 0 Å². The molecule has 1 aromatic rings. The van der Waals surface area contributed by atoms with Gasteiger partial charge in [0.1, 0.15) is 0 Å². The molecule has 0 aliphatic carbocycles. The molecule has 0 aliphatic heterocycles. The molecule has 0 radical (unpaired) electrons. The van der Waals surface area contributed by atoms with Crippen LogP contribution in [0.15, 0.2) is 16.9 Å². The van der Waals surface area contributed by atoms with Crippen LogP contribution in [0, 0.1) is 5.95 Å². The Balaban J connectivity index is 3.20. The fourth-order valence-corrected chi connectivity index (χ4v) is 0.629. The normalized spacial score (nSPS) is 10.5. The summed E-state index contributed by atoms with van der Waals surface area (Å²) in [7, 11) is 0. The average molecular weight is 163 g/mol. The predicted octanol–water partition coefficient (Wildman–Crippen LogP) is 1.45. The summed E-state index contributed by atoms with van der Waals surface area (Å²) in [6.07, 6.45) is -2.90. The van der Waals surface area contributed by atoms with Crippen LogP contribution in [0.5, 0.6) is 0 Å². The van der Waals surface area contributed by atoms with E-state index in [9.17, 15) is 18.0 Å². The van der Waals surface area contributed by atoms with Crippen LogP contribution in [-0.4, -0.2) is 4.98 Å². The lowest BCUT2D eigenvalue weighted by Crippen LogP contribution is -2.08. The Hall–Kier alpha value is -1.26. The maximum Gasteiger partial charge on any atom is 0.268 e. The van der Waals surface area contributed by atoms with E-state index in [1.807, 2.05) is 0 Å². The minimum absolute atomic E-state index is 0.730. The van der Waals surface area contributed by atoms with Crippen LogP contribution in [0.1, 0.15) is 12.0 Å². The van der Waals surface area contributed by atoms with Gasteiger partial charge in [-0.15, -0.1) is 0 Å². The highest BCUT2D eigenvalue weighted by Crippen LogP contribution is 2.18. The number of pyridine rings is 1. The molecular weight excluding hydrogens is 159 g/mol. The molecule has 60 valence electrons. The standard InChI is InChI=1S/C6H4F3NO/c7-5(8)3-1-2-4(11)10-6(3)9/h1-2,5H,(H,10,11). The molecule has 11 heavy (non-hydrogen) atoms. The highest BCUT2D eigenvalue weighted by atomic mass is 19.3. The minimum atomic E-state index is -2.90. The molecule has 0 saturated carbocycles. The van der Waals surface area contributed by atoms with Crippen molar-refractivity contribution in [2.45, 2.75) is 6.43 Å². The molecule has 0 saturated heterocycles. The van der Waals surface area contributed by atoms with Crippen LogP contribution < -0.4 is 5.56 Å². The molecule has 1 heterocycles. The summed E-state index contributed by atoms with van der Waals surface area (Å²) in [5.74, 6) is -1.27. The third kappa shape index (κ3) is 1.60. The Morgan fingerprint density at radius 1 is 1.36 bits per heavy atom.